The molecule has 0 aliphatic rings. The van der Waals surface area contributed by atoms with Crippen molar-refractivity contribution >= 4 is 34.1 Å². The van der Waals surface area contributed by atoms with Crippen molar-refractivity contribution in [2.24, 2.45) is 0 Å². The quantitative estimate of drug-likeness (QED) is 0.139. The molecule has 0 bridgehead atoms. The van der Waals surface area contributed by atoms with E-state index >= 15 is 0 Å². The molecule has 0 amide bonds. The smallest absolute Gasteiger partial charge is 0.0645 e. The first-order chi connectivity index (χ1) is 31.1. The fraction of sp³-hybridized carbons (Fsp3) is 0. The van der Waals surface area contributed by atoms with E-state index in [1.807, 2.05) is 146 Å². The van der Waals surface area contributed by atoms with Gasteiger partial charge < -0.3 is 9.80 Å². The van der Waals surface area contributed by atoms with Crippen LogP contribution in [0.2, 0.25) is 0 Å². The summed E-state index contributed by atoms with van der Waals surface area (Å²) in [5.74, 6) is 0. The van der Waals surface area contributed by atoms with Crippen LogP contribution in [0.25, 0.3) is 44.5 Å². The lowest BCUT2D eigenvalue weighted by molar-refractivity contribution is 1.28. The Kier molecular flexibility index (Phi) is 7.49. The molecule has 0 heterocycles. The summed E-state index contributed by atoms with van der Waals surface area (Å²) >= 11 is 0. The van der Waals surface area contributed by atoms with Gasteiger partial charge in [0, 0.05) is 34.1 Å². The molecule has 2 heteroatoms. The third-order valence-electron chi connectivity index (χ3n) is 9.62. The lowest BCUT2D eigenvalue weighted by Gasteiger charge is -2.26. The highest BCUT2D eigenvalue weighted by Gasteiger charge is 2.14. The molecule has 0 fully saturated rings. The Bertz CT molecular complexity index is 3000. The highest BCUT2D eigenvalue weighted by atomic mass is 15.1. The van der Waals surface area contributed by atoms with Crippen molar-refractivity contribution in [2.75, 3.05) is 9.80 Å². The Labute approximate surface area is 341 Å². The minimum absolute atomic E-state index is 0.0167. The average molecular weight is 725 g/mol. The maximum Gasteiger partial charge on any atom is 0.0645 e. The molecule has 2 nitrogen and oxygen atoms in total. The van der Waals surface area contributed by atoms with Crippen molar-refractivity contribution < 1.29 is 11.0 Å². The highest BCUT2D eigenvalue weighted by molar-refractivity contribution is 5.82. The van der Waals surface area contributed by atoms with Gasteiger partial charge in [-0.1, -0.05) is 170 Å². The number of anilines is 6. The lowest BCUT2D eigenvalue weighted by Crippen LogP contribution is -2.09. The van der Waals surface area contributed by atoms with Crippen LogP contribution in [0.1, 0.15) is 11.0 Å². The van der Waals surface area contributed by atoms with Gasteiger partial charge in [-0.3, -0.25) is 0 Å². The molecule has 0 unspecified atom stereocenters. The van der Waals surface area contributed by atoms with Gasteiger partial charge in [0.1, 0.15) is 0 Å². The van der Waals surface area contributed by atoms with E-state index < -0.39 is 36.3 Å². The van der Waals surface area contributed by atoms with E-state index in [-0.39, 0.29) is 34.5 Å². The summed E-state index contributed by atoms with van der Waals surface area (Å²) in [7, 11) is 0. The molecule has 0 atom stereocenters. The van der Waals surface area contributed by atoms with Crippen LogP contribution >= 0.6 is 0 Å². The molecule has 9 aromatic rings. The van der Waals surface area contributed by atoms with E-state index in [0.29, 0.717) is 16.9 Å². The number of hydrogen-bond acceptors (Lipinski definition) is 2. The Morgan fingerprint density at radius 2 is 0.429 bits per heavy atom. The van der Waals surface area contributed by atoms with Gasteiger partial charge in [0.05, 0.1) is 11.0 Å². The minimum atomic E-state index is -0.480. The van der Waals surface area contributed by atoms with Crippen molar-refractivity contribution in [2.45, 2.75) is 0 Å². The molecule has 0 saturated heterocycles. The molecule has 0 aliphatic heterocycles. The summed E-state index contributed by atoms with van der Waals surface area (Å²) < 4.78 is 74.0. The van der Waals surface area contributed by atoms with Gasteiger partial charge in [0.15, 0.2) is 0 Å². The highest BCUT2D eigenvalue weighted by Crippen LogP contribution is 2.38. The Balaban J connectivity index is 1.09. The van der Waals surface area contributed by atoms with Crippen molar-refractivity contribution in [1.82, 2.24) is 0 Å². The second kappa shape index (κ2) is 15.9. The zero-order valence-corrected chi connectivity index (χ0v) is 30.4. The summed E-state index contributed by atoms with van der Waals surface area (Å²) in [6.45, 7) is 0. The van der Waals surface area contributed by atoms with Gasteiger partial charge in [-0.15, -0.1) is 0 Å². The van der Waals surface area contributed by atoms with E-state index in [4.69, 9.17) is 2.74 Å². The number of nitrogens with zero attached hydrogens (tertiary/aromatic N) is 2. The monoisotopic (exact) mass is 724 g/mol. The molecule has 0 spiro atoms. The standard InChI is InChI=1S/C54H40N2/c1-5-13-41(14-6-1)42-21-23-43(24-22-42)47-31-37-53(38-32-47)56(51-19-11-4-12-20-51)54-39-33-48(34-40-54)45-27-25-44(26-28-45)46-29-35-52(36-30-46)55(49-15-7-2-8-16-49)50-17-9-3-10-18-50/h1-40H/i25D,26D,27D,28D,33D,34D,39D,40D. The summed E-state index contributed by atoms with van der Waals surface area (Å²) in [6.07, 6.45) is 0. The molecule has 56 heavy (non-hydrogen) atoms. The fourth-order valence-corrected chi connectivity index (χ4v) is 6.78. The summed E-state index contributed by atoms with van der Waals surface area (Å²) in [5.41, 5.74) is 7.99. The molecule has 0 radical (unpaired) electrons. The lowest BCUT2D eigenvalue weighted by atomic mass is 9.99. The van der Waals surface area contributed by atoms with Crippen LogP contribution in [0.5, 0.6) is 0 Å². The molecule has 0 aromatic heterocycles. The van der Waals surface area contributed by atoms with Crippen LogP contribution in [0, 0.1) is 0 Å². The van der Waals surface area contributed by atoms with Crippen molar-refractivity contribution in [3.05, 3.63) is 242 Å². The van der Waals surface area contributed by atoms with E-state index in [0.717, 1.165) is 39.3 Å². The first-order valence-electron chi connectivity index (χ1n) is 22.4. The maximum atomic E-state index is 9.37. The molecule has 0 saturated carbocycles. The summed E-state index contributed by atoms with van der Waals surface area (Å²) in [5, 5.41) is 0. The van der Waals surface area contributed by atoms with E-state index in [9.17, 15) is 8.22 Å². The van der Waals surface area contributed by atoms with Crippen LogP contribution in [-0.4, -0.2) is 0 Å². The minimum Gasteiger partial charge on any atom is -0.311 e. The van der Waals surface area contributed by atoms with Crippen LogP contribution < -0.4 is 9.80 Å². The number of rotatable bonds is 10. The van der Waals surface area contributed by atoms with Crippen molar-refractivity contribution in [1.29, 1.82) is 0 Å². The van der Waals surface area contributed by atoms with Gasteiger partial charge in [-0.25, -0.2) is 0 Å². The molecular weight excluding hydrogens is 677 g/mol. The predicted molar refractivity (Wildman–Crippen MR) is 238 cm³/mol. The molecule has 0 aliphatic carbocycles. The Morgan fingerprint density at radius 3 is 0.804 bits per heavy atom. The van der Waals surface area contributed by atoms with Crippen molar-refractivity contribution in [3.8, 4) is 44.5 Å². The van der Waals surface area contributed by atoms with E-state index in [1.54, 1.807) is 17.0 Å². The molecule has 266 valence electrons. The first-order valence-corrected chi connectivity index (χ1v) is 18.4. The molecular formula is C54H40N2. The Hall–Kier alpha value is -7.42. The van der Waals surface area contributed by atoms with Crippen LogP contribution in [0.15, 0.2) is 242 Å². The number of hydrogen-bond donors (Lipinski definition) is 0. The second-order valence-electron chi connectivity index (χ2n) is 13.2. The van der Waals surface area contributed by atoms with Crippen LogP contribution in [0.4, 0.5) is 34.1 Å². The Morgan fingerprint density at radius 1 is 0.196 bits per heavy atom. The predicted octanol–water partition coefficient (Wildman–Crippen LogP) is 15.3. The van der Waals surface area contributed by atoms with Gasteiger partial charge in [0.25, 0.3) is 0 Å². The number of para-hydroxylation sites is 3. The first kappa shape index (κ1) is 26.4. The van der Waals surface area contributed by atoms with E-state index in [2.05, 4.69) is 41.3 Å². The van der Waals surface area contributed by atoms with Gasteiger partial charge >= 0.3 is 0 Å². The van der Waals surface area contributed by atoms with Crippen LogP contribution in [0.3, 0.4) is 0 Å². The topological polar surface area (TPSA) is 6.48 Å². The number of benzene rings is 9. The molecule has 9 aromatic carbocycles. The summed E-state index contributed by atoms with van der Waals surface area (Å²) in [4.78, 5) is 3.75. The molecule has 0 N–H and O–H groups in total. The normalized spacial score (nSPS) is 12.9. The largest absolute Gasteiger partial charge is 0.311 e. The van der Waals surface area contributed by atoms with Gasteiger partial charge in [0.2, 0.25) is 0 Å². The van der Waals surface area contributed by atoms with Gasteiger partial charge in [-0.2, -0.15) is 0 Å². The maximum absolute atomic E-state index is 9.37. The third kappa shape index (κ3) is 7.37. The zero-order valence-electron chi connectivity index (χ0n) is 38.4. The van der Waals surface area contributed by atoms with Gasteiger partial charge in [-0.05, 0) is 117 Å². The zero-order chi connectivity index (χ0) is 44.5. The molecule has 9 rings (SSSR count). The average Bonchev–Trinajstić information content (AvgIpc) is 3.34. The van der Waals surface area contributed by atoms with E-state index in [1.165, 1.54) is 0 Å². The second-order valence-corrected chi connectivity index (χ2v) is 13.2. The fourth-order valence-electron chi connectivity index (χ4n) is 6.78. The van der Waals surface area contributed by atoms with Crippen molar-refractivity contribution in [3.63, 3.8) is 0 Å². The third-order valence-corrected chi connectivity index (χ3v) is 9.62. The summed E-state index contributed by atoms with van der Waals surface area (Å²) in [6, 6.07) is 58.9. The van der Waals surface area contributed by atoms with Crippen LogP contribution in [-0.2, 0) is 0 Å². The SMILES string of the molecule is [2H]c1c([2H])c(-c2c([2H])c([2H])c(N(c3ccccc3)c3ccc(-c4ccc(-c5ccccc5)cc4)cc3)c([2H])c2[2H])c([2H])c([2H])c1-c1ccc(N(c2ccccc2)c2ccccc2)cc1.